The molecule has 0 unspecified atom stereocenters. The van der Waals surface area contributed by atoms with Gasteiger partial charge in [-0.05, 0) is 50.0 Å². The number of benzene rings is 1. The first-order valence-electron chi connectivity index (χ1n) is 9.67. The highest BCUT2D eigenvalue weighted by atomic mass is 15.4. The third-order valence-electron chi connectivity index (χ3n) is 6.19. The SMILES string of the molecule is CN1CCN(C(c2ccc3c(c2)CCC3)N2CCN(C)CC2)CC1. The zero-order valence-electron chi connectivity index (χ0n) is 15.4. The molecular formula is C20H32N4. The molecular weight excluding hydrogens is 296 g/mol. The van der Waals surface area contributed by atoms with Crippen molar-refractivity contribution >= 4 is 0 Å². The zero-order valence-corrected chi connectivity index (χ0v) is 15.4. The smallest absolute Gasteiger partial charge is 0.0888 e. The van der Waals surface area contributed by atoms with E-state index in [2.05, 4.69) is 51.9 Å². The molecule has 0 aromatic heterocycles. The van der Waals surface area contributed by atoms with E-state index in [1.54, 1.807) is 11.1 Å². The van der Waals surface area contributed by atoms with Gasteiger partial charge in [-0.2, -0.15) is 0 Å². The molecule has 0 radical (unpaired) electrons. The van der Waals surface area contributed by atoms with Crippen molar-refractivity contribution in [3.63, 3.8) is 0 Å². The summed E-state index contributed by atoms with van der Waals surface area (Å²) in [7, 11) is 4.50. The molecule has 2 heterocycles. The van der Waals surface area contributed by atoms with E-state index in [0.29, 0.717) is 6.17 Å². The molecule has 1 aromatic carbocycles. The van der Waals surface area contributed by atoms with E-state index in [0.717, 1.165) is 0 Å². The third-order valence-corrected chi connectivity index (χ3v) is 6.19. The average molecular weight is 329 g/mol. The molecule has 2 fully saturated rings. The molecule has 0 bridgehead atoms. The van der Waals surface area contributed by atoms with Gasteiger partial charge < -0.3 is 9.80 Å². The normalized spacial score (nSPS) is 24.6. The van der Waals surface area contributed by atoms with E-state index < -0.39 is 0 Å². The Labute approximate surface area is 147 Å². The van der Waals surface area contributed by atoms with Crippen LogP contribution >= 0.6 is 0 Å². The fraction of sp³-hybridized carbons (Fsp3) is 0.700. The van der Waals surface area contributed by atoms with Crippen LogP contribution in [-0.2, 0) is 12.8 Å². The molecule has 0 saturated carbocycles. The summed E-state index contributed by atoms with van der Waals surface area (Å²) in [6.07, 6.45) is 4.37. The average Bonchev–Trinajstić information content (AvgIpc) is 3.06. The van der Waals surface area contributed by atoms with Crippen molar-refractivity contribution in [3.05, 3.63) is 34.9 Å². The van der Waals surface area contributed by atoms with E-state index in [1.165, 1.54) is 77.2 Å². The van der Waals surface area contributed by atoms with Gasteiger partial charge in [0.2, 0.25) is 0 Å². The summed E-state index contributed by atoms with van der Waals surface area (Å²) in [5.41, 5.74) is 4.74. The molecule has 0 amide bonds. The van der Waals surface area contributed by atoms with Crippen LogP contribution in [0.1, 0.15) is 29.3 Å². The van der Waals surface area contributed by atoms with Gasteiger partial charge in [-0.15, -0.1) is 0 Å². The van der Waals surface area contributed by atoms with Crippen molar-refractivity contribution in [2.24, 2.45) is 0 Å². The van der Waals surface area contributed by atoms with E-state index in [9.17, 15) is 0 Å². The van der Waals surface area contributed by atoms with Gasteiger partial charge in [0.15, 0.2) is 0 Å². The second-order valence-corrected chi connectivity index (χ2v) is 7.93. The van der Waals surface area contributed by atoms with Crippen LogP contribution in [0.2, 0.25) is 0 Å². The lowest BCUT2D eigenvalue weighted by atomic mass is 10.0. The Morgan fingerprint density at radius 1 is 0.708 bits per heavy atom. The highest BCUT2D eigenvalue weighted by Crippen LogP contribution is 2.31. The first kappa shape index (κ1) is 16.5. The van der Waals surface area contributed by atoms with Crippen molar-refractivity contribution in [2.45, 2.75) is 25.4 Å². The standard InChI is InChI=1S/C20H32N4/c1-21-8-12-23(13-9-21)20(24-14-10-22(2)11-15-24)19-7-6-17-4-3-5-18(17)16-19/h6-7,16,20H,3-5,8-15H2,1-2H3. The van der Waals surface area contributed by atoms with E-state index in [-0.39, 0.29) is 0 Å². The van der Waals surface area contributed by atoms with Crippen LogP contribution in [0.15, 0.2) is 18.2 Å². The molecule has 3 aliphatic rings. The zero-order chi connectivity index (χ0) is 16.5. The lowest BCUT2D eigenvalue weighted by Crippen LogP contribution is -2.54. The summed E-state index contributed by atoms with van der Waals surface area (Å²) in [4.78, 5) is 10.4. The molecule has 0 spiro atoms. The lowest BCUT2D eigenvalue weighted by molar-refractivity contribution is -0.0106. The number of hydrogen-bond donors (Lipinski definition) is 0. The molecule has 4 nitrogen and oxygen atoms in total. The Morgan fingerprint density at radius 2 is 1.25 bits per heavy atom. The maximum Gasteiger partial charge on any atom is 0.0888 e. The van der Waals surface area contributed by atoms with Gasteiger partial charge in [0, 0.05) is 52.4 Å². The van der Waals surface area contributed by atoms with Crippen molar-refractivity contribution in [1.82, 2.24) is 19.6 Å². The van der Waals surface area contributed by atoms with Gasteiger partial charge in [0.05, 0.1) is 6.17 Å². The van der Waals surface area contributed by atoms with E-state index in [1.807, 2.05) is 0 Å². The Hall–Kier alpha value is -0.940. The van der Waals surface area contributed by atoms with Crippen molar-refractivity contribution in [2.75, 3.05) is 66.5 Å². The number of fused-ring (bicyclic) bond motifs is 1. The molecule has 132 valence electrons. The highest BCUT2D eigenvalue weighted by Gasteiger charge is 2.31. The molecule has 2 saturated heterocycles. The Morgan fingerprint density at radius 3 is 1.83 bits per heavy atom. The van der Waals surface area contributed by atoms with Crippen molar-refractivity contribution in [1.29, 1.82) is 0 Å². The van der Waals surface area contributed by atoms with Crippen LogP contribution in [0, 0.1) is 0 Å². The van der Waals surface area contributed by atoms with Crippen molar-refractivity contribution < 1.29 is 0 Å². The predicted octanol–water partition coefficient (Wildman–Crippen LogP) is 1.67. The summed E-state index contributed by atoms with van der Waals surface area (Å²) in [5.74, 6) is 0. The molecule has 0 N–H and O–H groups in total. The molecule has 1 aromatic rings. The summed E-state index contributed by atoms with van der Waals surface area (Å²) >= 11 is 0. The highest BCUT2D eigenvalue weighted by molar-refractivity contribution is 5.36. The summed E-state index contributed by atoms with van der Waals surface area (Å²) in [6.45, 7) is 9.50. The third kappa shape index (κ3) is 3.38. The van der Waals surface area contributed by atoms with Gasteiger partial charge >= 0.3 is 0 Å². The predicted molar refractivity (Wildman–Crippen MR) is 99.3 cm³/mol. The largest absolute Gasteiger partial charge is 0.304 e. The summed E-state index contributed by atoms with van der Waals surface area (Å²) < 4.78 is 0. The summed E-state index contributed by atoms with van der Waals surface area (Å²) in [5, 5.41) is 0. The maximum atomic E-state index is 2.72. The van der Waals surface area contributed by atoms with Crippen LogP contribution in [0.5, 0.6) is 0 Å². The Kier molecular flexibility index (Phi) is 4.90. The number of rotatable bonds is 3. The number of nitrogens with zero attached hydrogens (tertiary/aromatic N) is 4. The molecule has 4 rings (SSSR count). The number of piperazine rings is 2. The van der Waals surface area contributed by atoms with Crippen molar-refractivity contribution in [3.8, 4) is 0 Å². The van der Waals surface area contributed by atoms with Crippen LogP contribution in [0.25, 0.3) is 0 Å². The van der Waals surface area contributed by atoms with Gasteiger partial charge in [0.1, 0.15) is 0 Å². The van der Waals surface area contributed by atoms with E-state index in [4.69, 9.17) is 0 Å². The van der Waals surface area contributed by atoms with Crippen LogP contribution in [0.4, 0.5) is 0 Å². The fourth-order valence-corrected chi connectivity index (χ4v) is 4.54. The van der Waals surface area contributed by atoms with Gasteiger partial charge in [-0.1, -0.05) is 18.2 Å². The topological polar surface area (TPSA) is 13.0 Å². The number of hydrogen-bond acceptors (Lipinski definition) is 4. The van der Waals surface area contributed by atoms with E-state index >= 15 is 0 Å². The second kappa shape index (κ2) is 7.12. The van der Waals surface area contributed by atoms with Gasteiger partial charge in [-0.25, -0.2) is 0 Å². The first-order chi connectivity index (χ1) is 11.7. The second-order valence-electron chi connectivity index (χ2n) is 7.93. The molecule has 24 heavy (non-hydrogen) atoms. The summed E-state index contributed by atoms with van der Waals surface area (Å²) in [6, 6.07) is 7.37. The Balaban J connectivity index is 1.60. The Bertz CT molecular complexity index is 535. The minimum Gasteiger partial charge on any atom is -0.304 e. The van der Waals surface area contributed by atoms with Crippen LogP contribution < -0.4 is 0 Å². The van der Waals surface area contributed by atoms with Gasteiger partial charge in [-0.3, -0.25) is 9.80 Å². The maximum absolute atomic E-state index is 2.72. The fourth-order valence-electron chi connectivity index (χ4n) is 4.54. The molecule has 0 atom stereocenters. The number of aryl methyl sites for hydroxylation is 2. The minimum atomic E-state index is 0.471. The molecule has 2 aliphatic heterocycles. The molecule has 1 aliphatic carbocycles. The van der Waals surface area contributed by atoms with Crippen LogP contribution in [0.3, 0.4) is 0 Å². The number of likely N-dealkylation sites (N-methyl/N-ethyl adjacent to an activating group) is 2. The van der Waals surface area contributed by atoms with Crippen LogP contribution in [-0.4, -0.2) is 86.1 Å². The monoisotopic (exact) mass is 328 g/mol. The van der Waals surface area contributed by atoms with Gasteiger partial charge in [0.25, 0.3) is 0 Å². The molecule has 4 heteroatoms. The first-order valence-corrected chi connectivity index (χ1v) is 9.67. The minimum absolute atomic E-state index is 0.471. The lowest BCUT2D eigenvalue weighted by Gasteiger charge is -2.46. The quantitative estimate of drug-likeness (QED) is 0.837.